The van der Waals surface area contributed by atoms with Crippen LogP contribution in [0.2, 0.25) is 0 Å². The SMILES string of the molecule is C[C@H](NC(=O)CN(c1cccc(Br)c1)S(C)(=O)=O)c1ccc2c(c1)OCCO2. The fraction of sp³-hybridized carbons (Fsp3) is 0.316. The van der Waals surface area contributed by atoms with E-state index in [9.17, 15) is 13.2 Å². The molecule has 1 heterocycles. The van der Waals surface area contributed by atoms with Crippen molar-refractivity contribution < 1.29 is 22.7 Å². The normalized spacial score (nSPS) is 14.2. The zero-order valence-corrected chi connectivity index (χ0v) is 17.9. The second kappa shape index (κ2) is 8.40. The van der Waals surface area contributed by atoms with Gasteiger partial charge in [0, 0.05) is 4.47 Å². The molecule has 7 nitrogen and oxygen atoms in total. The lowest BCUT2D eigenvalue weighted by atomic mass is 10.1. The third-order valence-corrected chi connectivity index (χ3v) is 5.86. The topological polar surface area (TPSA) is 84.9 Å². The molecule has 1 aliphatic rings. The number of anilines is 1. The van der Waals surface area contributed by atoms with Gasteiger partial charge in [0.15, 0.2) is 11.5 Å². The highest BCUT2D eigenvalue weighted by atomic mass is 79.9. The summed E-state index contributed by atoms with van der Waals surface area (Å²) in [7, 11) is -3.63. The van der Waals surface area contributed by atoms with Crippen molar-refractivity contribution >= 4 is 37.5 Å². The summed E-state index contributed by atoms with van der Waals surface area (Å²) in [5.41, 5.74) is 1.25. The Morgan fingerprint density at radius 2 is 1.89 bits per heavy atom. The maximum atomic E-state index is 12.5. The number of carbonyl (C=O) groups excluding carboxylic acids is 1. The third-order valence-electron chi connectivity index (χ3n) is 4.23. The molecule has 0 radical (unpaired) electrons. The molecule has 1 N–H and O–H groups in total. The van der Waals surface area contributed by atoms with Crippen molar-refractivity contribution in [2.75, 3.05) is 30.3 Å². The number of hydrogen-bond acceptors (Lipinski definition) is 5. The summed E-state index contributed by atoms with van der Waals surface area (Å²) >= 11 is 3.32. The Kier molecular flexibility index (Phi) is 6.14. The van der Waals surface area contributed by atoms with Crippen molar-refractivity contribution in [1.29, 1.82) is 0 Å². The van der Waals surface area contributed by atoms with E-state index in [2.05, 4.69) is 21.2 Å². The summed E-state index contributed by atoms with van der Waals surface area (Å²) in [6.45, 7) is 2.50. The molecule has 0 fully saturated rings. The van der Waals surface area contributed by atoms with Crippen molar-refractivity contribution in [2.45, 2.75) is 13.0 Å². The highest BCUT2D eigenvalue weighted by molar-refractivity contribution is 9.10. The van der Waals surface area contributed by atoms with Crippen molar-refractivity contribution in [1.82, 2.24) is 5.32 Å². The number of fused-ring (bicyclic) bond motifs is 1. The van der Waals surface area contributed by atoms with Gasteiger partial charge in [-0.05, 0) is 42.8 Å². The molecule has 2 aromatic rings. The van der Waals surface area contributed by atoms with E-state index >= 15 is 0 Å². The Hall–Kier alpha value is -2.26. The maximum Gasteiger partial charge on any atom is 0.241 e. The number of carbonyl (C=O) groups is 1. The Morgan fingerprint density at radius 3 is 2.57 bits per heavy atom. The Labute approximate surface area is 172 Å². The lowest BCUT2D eigenvalue weighted by Gasteiger charge is -2.24. The molecule has 150 valence electrons. The van der Waals surface area contributed by atoms with Crippen LogP contribution in [0.25, 0.3) is 0 Å². The van der Waals surface area contributed by atoms with Crippen LogP contribution >= 0.6 is 15.9 Å². The largest absolute Gasteiger partial charge is 0.486 e. The average molecular weight is 469 g/mol. The molecular weight excluding hydrogens is 448 g/mol. The second-order valence-corrected chi connectivity index (χ2v) is 9.26. The van der Waals surface area contributed by atoms with Gasteiger partial charge in [-0.25, -0.2) is 8.42 Å². The number of nitrogens with one attached hydrogen (secondary N) is 1. The van der Waals surface area contributed by atoms with Crippen molar-refractivity contribution in [3.8, 4) is 11.5 Å². The van der Waals surface area contributed by atoms with Gasteiger partial charge < -0.3 is 14.8 Å². The van der Waals surface area contributed by atoms with E-state index in [-0.39, 0.29) is 12.6 Å². The molecule has 1 amide bonds. The number of hydrogen-bond donors (Lipinski definition) is 1. The van der Waals surface area contributed by atoms with Crippen molar-refractivity contribution in [2.24, 2.45) is 0 Å². The molecule has 9 heteroatoms. The van der Waals surface area contributed by atoms with Gasteiger partial charge in [0.2, 0.25) is 15.9 Å². The molecule has 1 aliphatic heterocycles. The fourth-order valence-corrected chi connectivity index (χ4v) is 4.10. The van der Waals surface area contributed by atoms with Gasteiger partial charge in [0.25, 0.3) is 0 Å². The summed E-state index contributed by atoms with van der Waals surface area (Å²) < 4.78 is 37.3. The monoisotopic (exact) mass is 468 g/mol. The van der Waals surface area contributed by atoms with E-state index in [1.807, 2.05) is 19.1 Å². The van der Waals surface area contributed by atoms with Gasteiger partial charge in [-0.1, -0.05) is 28.1 Å². The Bertz CT molecular complexity index is 980. The van der Waals surface area contributed by atoms with Gasteiger partial charge in [-0.15, -0.1) is 0 Å². The van der Waals surface area contributed by atoms with Crippen LogP contribution in [-0.2, 0) is 14.8 Å². The van der Waals surface area contributed by atoms with E-state index in [1.165, 1.54) is 0 Å². The molecule has 3 rings (SSSR count). The first-order valence-electron chi connectivity index (χ1n) is 8.66. The number of rotatable bonds is 6. The molecular formula is C19H21BrN2O5S. The molecule has 0 bridgehead atoms. The van der Waals surface area contributed by atoms with Crippen LogP contribution < -0.4 is 19.1 Å². The van der Waals surface area contributed by atoms with Gasteiger partial charge in [0.05, 0.1) is 18.0 Å². The lowest BCUT2D eigenvalue weighted by Crippen LogP contribution is -2.41. The Morgan fingerprint density at radius 1 is 1.18 bits per heavy atom. The summed E-state index contributed by atoms with van der Waals surface area (Å²) in [6.07, 6.45) is 1.07. The van der Waals surface area contributed by atoms with Gasteiger partial charge in [-0.2, -0.15) is 0 Å². The zero-order chi connectivity index (χ0) is 20.3. The fourth-order valence-electron chi connectivity index (χ4n) is 2.86. The van der Waals surface area contributed by atoms with Gasteiger partial charge in [-0.3, -0.25) is 9.10 Å². The quantitative estimate of drug-likeness (QED) is 0.704. The predicted molar refractivity (Wildman–Crippen MR) is 110 cm³/mol. The third kappa shape index (κ3) is 4.96. The van der Waals surface area contributed by atoms with E-state index in [1.54, 1.807) is 30.3 Å². The Balaban J connectivity index is 1.72. The number of amides is 1. The minimum Gasteiger partial charge on any atom is -0.486 e. The lowest BCUT2D eigenvalue weighted by molar-refractivity contribution is -0.120. The van der Waals surface area contributed by atoms with Gasteiger partial charge in [0.1, 0.15) is 19.8 Å². The number of halogens is 1. The highest BCUT2D eigenvalue weighted by Gasteiger charge is 2.22. The summed E-state index contributed by atoms with van der Waals surface area (Å²) in [4.78, 5) is 12.5. The zero-order valence-electron chi connectivity index (χ0n) is 15.5. The van der Waals surface area contributed by atoms with Crippen LogP contribution in [0.3, 0.4) is 0 Å². The minimum absolute atomic E-state index is 0.315. The standard InChI is InChI=1S/C19H21BrN2O5S/c1-13(14-6-7-17-18(10-14)27-9-8-26-17)21-19(23)12-22(28(2,24)25)16-5-3-4-15(20)11-16/h3-7,10-11,13H,8-9,12H2,1-2H3,(H,21,23)/t13-/m0/s1. The van der Waals surface area contributed by atoms with Crippen LogP contribution in [0.1, 0.15) is 18.5 Å². The highest BCUT2D eigenvalue weighted by Crippen LogP contribution is 2.32. The molecule has 2 aromatic carbocycles. The summed E-state index contributed by atoms with van der Waals surface area (Å²) in [5, 5.41) is 2.84. The first kappa shape index (κ1) is 20.5. The predicted octanol–water partition coefficient (Wildman–Crippen LogP) is 2.86. The van der Waals surface area contributed by atoms with E-state index in [0.717, 1.165) is 20.6 Å². The second-order valence-electron chi connectivity index (χ2n) is 6.44. The van der Waals surface area contributed by atoms with Crippen LogP contribution in [0, 0.1) is 0 Å². The number of benzene rings is 2. The maximum absolute atomic E-state index is 12.5. The van der Waals surface area contributed by atoms with E-state index in [0.29, 0.717) is 30.4 Å². The van der Waals surface area contributed by atoms with Crippen LogP contribution in [-0.4, -0.2) is 40.3 Å². The molecule has 0 saturated carbocycles. The van der Waals surface area contributed by atoms with Crippen LogP contribution in [0.15, 0.2) is 46.9 Å². The molecule has 1 atom stereocenters. The van der Waals surface area contributed by atoms with Gasteiger partial charge >= 0.3 is 0 Å². The average Bonchev–Trinajstić information content (AvgIpc) is 2.64. The summed E-state index contributed by atoms with van der Waals surface area (Å²) in [6, 6.07) is 11.9. The summed E-state index contributed by atoms with van der Waals surface area (Å²) in [5.74, 6) is 0.899. The first-order chi connectivity index (χ1) is 13.2. The molecule has 0 unspecified atom stereocenters. The van der Waals surface area contributed by atoms with Crippen LogP contribution in [0.4, 0.5) is 5.69 Å². The van der Waals surface area contributed by atoms with E-state index in [4.69, 9.17) is 9.47 Å². The smallest absolute Gasteiger partial charge is 0.241 e. The molecule has 28 heavy (non-hydrogen) atoms. The minimum atomic E-state index is -3.63. The molecule has 0 aliphatic carbocycles. The number of nitrogens with zero attached hydrogens (tertiary/aromatic N) is 1. The first-order valence-corrected chi connectivity index (χ1v) is 11.3. The van der Waals surface area contributed by atoms with Crippen LogP contribution in [0.5, 0.6) is 11.5 Å². The molecule has 0 saturated heterocycles. The van der Waals surface area contributed by atoms with Crippen molar-refractivity contribution in [3.05, 3.63) is 52.5 Å². The van der Waals surface area contributed by atoms with Crippen molar-refractivity contribution in [3.63, 3.8) is 0 Å². The number of ether oxygens (including phenoxy) is 2. The van der Waals surface area contributed by atoms with E-state index < -0.39 is 15.9 Å². The molecule has 0 spiro atoms. The number of sulfonamides is 1. The molecule has 0 aromatic heterocycles.